The number of hydrogen-bond donors (Lipinski definition) is 2. The summed E-state index contributed by atoms with van der Waals surface area (Å²) in [7, 11) is 0. The van der Waals surface area contributed by atoms with E-state index in [4.69, 9.17) is 0 Å². The van der Waals surface area contributed by atoms with Crippen molar-refractivity contribution < 1.29 is 13.6 Å². The van der Waals surface area contributed by atoms with Gasteiger partial charge in [-0.3, -0.25) is 9.78 Å². The molecular formula is C18H15F2N5O. The monoisotopic (exact) mass is 355 g/mol. The van der Waals surface area contributed by atoms with Gasteiger partial charge in [0.05, 0.1) is 12.2 Å². The Morgan fingerprint density at radius 2 is 1.92 bits per heavy atom. The average molecular weight is 355 g/mol. The first-order valence-corrected chi connectivity index (χ1v) is 7.77. The standard InChI is InChI=1S/C18H15F2N5O/c1-11-23-16(18(26)22-10-13-4-2-3-7-21-13)9-17(24-11)25-12-5-6-14(19)15(20)8-12/h2-9H,10H2,1H3,(H,22,26)(H,23,24,25). The number of nitrogens with zero attached hydrogens (tertiary/aromatic N) is 3. The Hall–Kier alpha value is -3.42. The molecule has 1 aromatic carbocycles. The van der Waals surface area contributed by atoms with Crippen molar-refractivity contribution in [3.63, 3.8) is 0 Å². The third-order valence-corrected chi connectivity index (χ3v) is 3.42. The predicted octanol–water partition coefficient (Wildman–Crippen LogP) is 3.13. The number of carbonyl (C=O) groups excluding carboxylic acids is 1. The smallest absolute Gasteiger partial charge is 0.270 e. The van der Waals surface area contributed by atoms with Gasteiger partial charge < -0.3 is 10.6 Å². The number of aryl methyl sites for hydroxylation is 1. The first-order valence-electron chi connectivity index (χ1n) is 7.77. The number of hydrogen-bond acceptors (Lipinski definition) is 5. The van der Waals surface area contributed by atoms with E-state index in [1.807, 2.05) is 6.07 Å². The van der Waals surface area contributed by atoms with Crippen molar-refractivity contribution in [3.05, 3.63) is 77.5 Å². The minimum Gasteiger partial charge on any atom is -0.345 e. The lowest BCUT2D eigenvalue weighted by molar-refractivity contribution is 0.0945. The van der Waals surface area contributed by atoms with E-state index < -0.39 is 17.5 Å². The van der Waals surface area contributed by atoms with E-state index in [2.05, 4.69) is 25.6 Å². The molecule has 0 spiro atoms. The zero-order valence-electron chi connectivity index (χ0n) is 13.8. The summed E-state index contributed by atoms with van der Waals surface area (Å²) >= 11 is 0. The van der Waals surface area contributed by atoms with Crippen molar-refractivity contribution in [3.8, 4) is 0 Å². The number of aromatic nitrogens is 3. The van der Waals surface area contributed by atoms with Gasteiger partial charge in [0.1, 0.15) is 17.3 Å². The van der Waals surface area contributed by atoms with Crippen LogP contribution in [0.4, 0.5) is 20.3 Å². The highest BCUT2D eigenvalue weighted by molar-refractivity contribution is 5.93. The molecule has 26 heavy (non-hydrogen) atoms. The Labute approximate surface area is 148 Å². The second-order valence-corrected chi connectivity index (χ2v) is 5.44. The molecule has 0 aliphatic rings. The molecule has 0 aliphatic carbocycles. The second-order valence-electron chi connectivity index (χ2n) is 5.44. The number of nitrogens with one attached hydrogen (secondary N) is 2. The molecule has 1 amide bonds. The van der Waals surface area contributed by atoms with E-state index in [0.717, 1.165) is 12.1 Å². The van der Waals surface area contributed by atoms with Crippen LogP contribution in [-0.2, 0) is 6.54 Å². The van der Waals surface area contributed by atoms with Gasteiger partial charge in [0, 0.05) is 24.0 Å². The number of anilines is 2. The van der Waals surface area contributed by atoms with Crippen molar-refractivity contribution >= 4 is 17.4 Å². The molecule has 2 N–H and O–H groups in total. The Morgan fingerprint density at radius 3 is 2.65 bits per heavy atom. The van der Waals surface area contributed by atoms with E-state index in [1.165, 1.54) is 12.1 Å². The molecule has 0 fully saturated rings. The molecule has 6 nitrogen and oxygen atoms in total. The Balaban J connectivity index is 1.74. The maximum absolute atomic E-state index is 13.3. The van der Waals surface area contributed by atoms with Gasteiger partial charge in [0.25, 0.3) is 5.91 Å². The van der Waals surface area contributed by atoms with Crippen molar-refractivity contribution in [2.24, 2.45) is 0 Å². The van der Waals surface area contributed by atoms with Crippen LogP contribution in [-0.4, -0.2) is 20.9 Å². The molecule has 2 heterocycles. The van der Waals surface area contributed by atoms with Crippen molar-refractivity contribution in [1.29, 1.82) is 0 Å². The van der Waals surface area contributed by atoms with Crippen LogP contribution in [0.1, 0.15) is 22.0 Å². The minimum atomic E-state index is -0.978. The van der Waals surface area contributed by atoms with Crippen LogP contribution in [0.2, 0.25) is 0 Å². The first kappa shape index (κ1) is 17.4. The highest BCUT2D eigenvalue weighted by atomic mass is 19.2. The lowest BCUT2D eigenvalue weighted by Crippen LogP contribution is -2.24. The summed E-state index contributed by atoms with van der Waals surface area (Å²) in [6.45, 7) is 1.89. The summed E-state index contributed by atoms with van der Waals surface area (Å²) in [6, 6.07) is 10.2. The molecule has 3 rings (SSSR count). The maximum atomic E-state index is 13.3. The topological polar surface area (TPSA) is 79.8 Å². The fraction of sp³-hybridized carbons (Fsp3) is 0.111. The zero-order chi connectivity index (χ0) is 18.5. The Morgan fingerprint density at radius 1 is 1.08 bits per heavy atom. The number of carbonyl (C=O) groups is 1. The normalized spacial score (nSPS) is 10.4. The first-order chi connectivity index (χ1) is 12.5. The summed E-state index contributed by atoms with van der Waals surface area (Å²) in [5.74, 6) is -1.65. The molecule has 8 heteroatoms. The SMILES string of the molecule is Cc1nc(Nc2ccc(F)c(F)c2)cc(C(=O)NCc2ccccn2)n1. The van der Waals surface area contributed by atoms with Crippen molar-refractivity contribution in [2.45, 2.75) is 13.5 Å². The van der Waals surface area contributed by atoms with Gasteiger partial charge >= 0.3 is 0 Å². The largest absolute Gasteiger partial charge is 0.345 e. The Bertz CT molecular complexity index is 934. The minimum absolute atomic E-state index is 0.151. The average Bonchev–Trinajstić information content (AvgIpc) is 2.63. The fourth-order valence-electron chi connectivity index (χ4n) is 2.23. The lowest BCUT2D eigenvalue weighted by Gasteiger charge is -2.09. The molecule has 0 radical (unpaired) electrons. The van der Waals surface area contributed by atoms with Gasteiger partial charge in [-0.2, -0.15) is 0 Å². The molecule has 0 atom stereocenters. The third-order valence-electron chi connectivity index (χ3n) is 3.42. The van der Waals surface area contributed by atoms with Crippen LogP contribution < -0.4 is 10.6 Å². The fourth-order valence-corrected chi connectivity index (χ4v) is 2.23. The molecule has 0 saturated carbocycles. The van der Waals surface area contributed by atoms with Crippen LogP contribution in [0.3, 0.4) is 0 Å². The van der Waals surface area contributed by atoms with E-state index in [1.54, 1.807) is 25.3 Å². The van der Waals surface area contributed by atoms with Gasteiger partial charge in [0.2, 0.25) is 0 Å². The van der Waals surface area contributed by atoms with Crippen LogP contribution in [0.25, 0.3) is 0 Å². The van der Waals surface area contributed by atoms with Gasteiger partial charge in [-0.25, -0.2) is 18.7 Å². The van der Waals surface area contributed by atoms with Crippen LogP contribution in [0, 0.1) is 18.6 Å². The third kappa shape index (κ3) is 4.35. The zero-order valence-corrected chi connectivity index (χ0v) is 13.8. The quantitative estimate of drug-likeness (QED) is 0.735. The molecule has 0 unspecified atom stereocenters. The second kappa shape index (κ2) is 7.64. The predicted molar refractivity (Wildman–Crippen MR) is 91.8 cm³/mol. The van der Waals surface area contributed by atoms with Crippen molar-refractivity contribution in [2.75, 3.05) is 5.32 Å². The molecule has 0 saturated heterocycles. The number of amides is 1. The van der Waals surface area contributed by atoms with Gasteiger partial charge in [-0.1, -0.05) is 6.07 Å². The van der Waals surface area contributed by atoms with Crippen molar-refractivity contribution in [1.82, 2.24) is 20.3 Å². The highest BCUT2D eigenvalue weighted by Gasteiger charge is 2.11. The lowest BCUT2D eigenvalue weighted by atomic mass is 10.3. The van der Waals surface area contributed by atoms with E-state index in [9.17, 15) is 13.6 Å². The van der Waals surface area contributed by atoms with E-state index in [0.29, 0.717) is 23.0 Å². The summed E-state index contributed by atoms with van der Waals surface area (Å²) in [5.41, 5.74) is 1.17. The Kier molecular flexibility index (Phi) is 5.12. The van der Waals surface area contributed by atoms with Gasteiger partial charge in [0.15, 0.2) is 11.6 Å². The summed E-state index contributed by atoms with van der Waals surface area (Å²) in [6.07, 6.45) is 1.64. The van der Waals surface area contributed by atoms with Crippen LogP contribution >= 0.6 is 0 Å². The number of pyridine rings is 1. The molecule has 3 aromatic rings. The summed E-state index contributed by atoms with van der Waals surface area (Å²) in [4.78, 5) is 24.7. The molecule has 0 bridgehead atoms. The van der Waals surface area contributed by atoms with Gasteiger partial charge in [-0.15, -0.1) is 0 Å². The summed E-state index contributed by atoms with van der Waals surface area (Å²) in [5, 5.41) is 5.55. The van der Waals surface area contributed by atoms with Crippen LogP contribution in [0.5, 0.6) is 0 Å². The van der Waals surface area contributed by atoms with E-state index in [-0.39, 0.29) is 12.2 Å². The maximum Gasteiger partial charge on any atom is 0.270 e. The van der Waals surface area contributed by atoms with Crippen LogP contribution in [0.15, 0.2) is 48.7 Å². The highest BCUT2D eigenvalue weighted by Crippen LogP contribution is 2.18. The molecule has 0 aliphatic heterocycles. The number of rotatable bonds is 5. The van der Waals surface area contributed by atoms with Gasteiger partial charge in [-0.05, 0) is 31.2 Å². The molecule has 132 valence electrons. The molecular weight excluding hydrogens is 340 g/mol. The summed E-state index contributed by atoms with van der Waals surface area (Å²) < 4.78 is 26.3. The molecule has 2 aromatic heterocycles. The number of halogens is 2. The number of benzene rings is 1. The van der Waals surface area contributed by atoms with E-state index >= 15 is 0 Å².